The molecule has 0 heterocycles. The highest BCUT2D eigenvalue weighted by Crippen LogP contribution is 2.14. The average Bonchev–Trinajstić information content (AvgIpc) is 2.25. The minimum absolute atomic E-state index is 0. The monoisotopic (exact) mass is 250 g/mol. The van der Waals surface area contributed by atoms with Crippen molar-refractivity contribution >= 4 is 31.6 Å². The highest BCUT2D eigenvalue weighted by atomic mass is 35.5. The molecule has 0 aliphatic rings. The third-order valence-corrected chi connectivity index (χ3v) is 3.88. The molecule has 0 spiro atoms. The predicted molar refractivity (Wildman–Crippen MR) is 77.2 cm³/mol. The Morgan fingerprint density at radius 3 is 2.25 bits per heavy atom. The first-order valence-electron chi connectivity index (χ1n) is 5.15. The smallest absolute Gasteiger partial charge is 0.0195 e. The van der Waals surface area contributed by atoms with Crippen molar-refractivity contribution in [3.05, 3.63) is 59.7 Å². The minimum atomic E-state index is 0. The van der Waals surface area contributed by atoms with Crippen molar-refractivity contribution in [2.45, 2.75) is 13.8 Å². The fourth-order valence-corrected chi connectivity index (χ4v) is 2.80. The number of hydrogen-bond donors (Lipinski definition) is 0. The van der Waals surface area contributed by atoms with Crippen LogP contribution in [0.2, 0.25) is 0 Å². The van der Waals surface area contributed by atoms with Crippen LogP contribution in [0.3, 0.4) is 0 Å². The zero-order valence-electron chi connectivity index (χ0n) is 9.53. The van der Waals surface area contributed by atoms with Gasteiger partial charge in [-0.05, 0) is 30.0 Å². The standard InChI is InChI=1S/C14H15P.ClH/c1-11-8-9-12(2)14(10-11)15-13-6-4-3-5-7-13;/h3-10,15H,1-2H3;1H. The maximum atomic E-state index is 2.29. The van der Waals surface area contributed by atoms with Gasteiger partial charge >= 0.3 is 0 Å². The Bertz CT molecular complexity index is 452. The van der Waals surface area contributed by atoms with Crippen LogP contribution in [-0.4, -0.2) is 0 Å². The maximum absolute atomic E-state index is 2.29. The Morgan fingerprint density at radius 1 is 0.875 bits per heavy atom. The minimum Gasteiger partial charge on any atom is -0.147 e. The summed E-state index contributed by atoms with van der Waals surface area (Å²) in [7, 11) is 0.772. The van der Waals surface area contributed by atoms with Crippen LogP contribution in [-0.2, 0) is 0 Å². The third-order valence-electron chi connectivity index (χ3n) is 2.45. The number of benzene rings is 2. The number of aryl methyl sites for hydroxylation is 2. The largest absolute Gasteiger partial charge is 0.147 e. The topological polar surface area (TPSA) is 0 Å². The molecule has 0 bridgehead atoms. The molecule has 0 aliphatic heterocycles. The van der Waals surface area contributed by atoms with Crippen molar-refractivity contribution in [3.8, 4) is 0 Å². The van der Waals surface area contributed by atoms with E-state index < -0.39 is 0 Å². The van der Waals surface area contributed by atoms with Gasteiger partial charge < -0.3 is 0 Å². The molecule has 0 aromatic heterocycles. The van der Waals surface area contributed by atoms with Crippen molar-refractivity contribution in [1.29, 1.82) is 0 Å². The zero-order valence-corrected chi connectivity index (χ0v) is 11.3. The number of hydrogen-bond acceptors (Lipinski definition) is 0. The van der Waals surface area contributed by atoms with Crippen LogP contribution in [0.15, 0.2) is 48.5 Å². The Labute approximate surface area is 105 Å². The van der Waals surface area contributed by atoms with E-state index in [1.54, 1.807) is 0 Å². The molecule has 0 nitrogen and oxygen atoms in total. The molecule has 1 atom stereocenters. The molecule has 2 rings (SSSR count). The van der Waals surface area contributed by atoms with E-state index in [0.717, 1.165) is 8.58 Å². The van der Waals surface area contributed by atoms with Crippen LogP contribution in [0, 0.1) is 13.8 Å². The molecule has 1 unspecified atom stereocenters. The van der Waals surface area contributed by atoms with Gasteiger partial charge in [0.15, 0.2) is 0 Å². The van der Waals surface area contributed by atoms with E-state index in [1.807, 2.05) is 0 Å². The van der Waals surface area contributed by atoms with Crippen molar-refractivity contribution in [1.82, 2.24) is 0 Å². The number of rotatable bonds is 2. The van der Waals surface area contributed by atoms with Gasteiger partial charge in [0.05, 0.1) is 0 Å². The van der Waals surface area contributed by atoms with Crippen LogP contribution in [0.5, 0.6) is 0 Å². The van der Waals surface area contributed by atoms with Crippen LogP contribution < -0.4 is 10.6 Å². The Kier molecular flexibility index (Phi) is 4.99. The Morgan fingerprint density at radius 2 is 1.56 bits per heavy atom. The Hall–Kier alpha value is -0.840. The van der Waals surface area contributed by atoms with Gasteiger partial charge in [0.2, 0.25) is 0 Å². The maximum Gasteiger partial charge on any atom is -0.0195 e. The highest BCUT2D eigenvalue weighted by molar-refractivity contribution is 7.55. The lowest BCUT2D eigenvalue weighted by molar-refractivity contribution is 1.43. The summed E-state index contributed by atoms with van der Waals surface area (Å²) in [5.74, 6) is 0. The van der Waals surface area contributed by atoms with Crippen molar-refractivity contribution < 1.29 is 0 Å². The lowest BCUT2D eigenvalue weighted by Gasteiger charge is -2.07. The Balaban J connectivity index is 0.00000128. The second-order valence-electron chi connectivity index (χ2n) is 3.81. The normalized spacial score (nSPS) is 10.4. The zero-order chi connectivity index (χ0) is 10.7. The lowest BCUT2D eigenvalue weighted by Crippen LogP contribution is -2.06. The molecular weight excluding hydrogens is 235 g/mol. The van der Waals surface area contributed by atoms with E-state index >= 15 is 0 Å². The fourth-order valence-electron chi connectivity index (χ4n) is 1.55. The molecule has 0 saturated carbocycles. The molecule has 0 saturated heterocycles. The predicted octanol–water partition coefficient (Wildman–Crippen LogP) is 3.35. The van der Waals surface area contributed by atoms with Crippen LogP contribution in [0.25, 0.3) is 0 Å². The van der Waals surface area contributed by atoms with Crippen LogP contribution in [0.1, 0.15) is 11.1 Å². The van der Waals surface area contributed by atoms with Crippen molar-refractivity contribution in [2.75, 3.05) is 0 Å². The van der Waals surface area contributed by atoms with Gasteiger partial charge in [-0.25, -0.2) is 0 Å². The highest BCUT2D eigenvalue weighted by Gasteiger charge is 1.99. The molecule has 2 heteroatoms. The van der Waals surface area contributed by atoms with Gasteiger partial charge in [-0.15, -0.1) is 12.4 Å². The summed E-state index contributed by atoms with van der Waals surface area (Å²) >= 11 is 0. The first kappa shape index (κ1) is 13.2. The van der Waals surface area contributed by atoms with Gasteiger partial charge in [0.25, 0.3) is 0 Å². The van der Waals surface area contributed by atoms with E-state index in [-0.39, 0.29) is 12.4 Å². The first-order valence-corrected chi connectivity index (χ1v) is 6.15. The van der Waals surface area contributed by atoms with Gasteiger partial charge in [-0.2, -0.15) is 0 Å². The van der Waals surface area contributed by atoms with E-state index in [2.05, 4.69) is 62.4 Å². The summed E-state index contributed by atoms with van der Waals surface area (Å²) in [6.07, 6.45) is 0. The van der Waals surface area contributed by atoms with E-state index in [4.69, 9.17) is 0 Å². The van der Waals surface area contributed by atoms with Gasteiger partial charge in [-0.3, -0.25) is 0 Å². The van der Waals surface area contributed by atoms with E-state index in [1.165, 1.54) is 21.7 Å². The SMILES string of the molecule is Cc1ccc(C)c(Pc2ccccc2)c1.Cl. The molecule has 16 heavy (non-hydrogen) atoms. The summed E-state index contributed by atoms with van der Waals surface area (Å²) in [4.78, 5) is 0. The third kappa shape index (κ3) is 3.33. The van der Waals surface area contributed by atoms with Gasteiger partial charge in [0, 0.05) is 0 Å². The van der Waals surface area contributed by atoms with E-state index in [0.29, 0.717) is 0 Å². The molecule has 0 fully saturated rings. The molecular formula is C14H16ClP. The van der Waals surface area contributed by atoms with E-state index in [9.17, 15) is 0 Å². The number of halogens is 1. The van der Waals surface area contributed by atoms with Crippen molar-refractivity contribution in [2.24, 2.45) is 0 Å². The average molecular weight is 251 g/mol. The molecule has 2 aromatic carbocycles. The molecule has 0 N–H and O–H groups in total. The quantitative estimate of drug-likeness (QED) is 0.717. The first-order chi connectivity index (χ1) is 7.25. The second-order valence-corrected chi connectivity index (χ2v) is 5.18. The van der Waals surface area contributed by atoms with Gasteiger partial charge in [0.1, 0.15) is 0 Å². The summed E-state index contributed by atoms with van der Waals surface area (Å²) in [6.45, 7) is 4.34. The second kappa shape index (κ2) is 6.03. The van der Waals surface area contributed by atoms with Crippen molar-refractivity contribution in [3.63, 3.8) is 0 Å². The van der Waals surface area contributed by atoms with Crippen LogP contribution >= 0.6 is 21.0 Å². The lowest BCUT2D eigenvalue weighted by atomic mass is 10.2. The fraction of sp³-hybridized carbons (Fsp3) is 0.143. The molecule has 0 aliphatic carbocycles. The van der Waals surface area contributed by atoms with Crippen LogP contribution in [0.4, 0.5) is 0 Å². The summed E-state index contributed by atoms with van der Waals surface area (Å²) < 4.78 is 0. The molecule has 2 aromatic rings. The summed E-state index contributed by atoms with van der Waals surface area (Å²) in [6, 6.07) is 17.3. The molecule has 84 valence electrons. The summed E-state index contributed by atoms with van der Waals surface area (Å²) in [5.41, 5.74) is 2.74. The molecule has 0 radical (unpaired) electrons. The molecule has 0 amide bonds. The van der Waals surface area contributed by atoms with Gasteiger partial charge in [-0.1, -0.05) is 62.7 Å². The summed E-state index contributed by atoms with van der Waals surface area (Å²) in [5, 5.41) is 2.87.